The zero-order valence-corrected chi connectivity index (χ0v) is 13.1. The smallest absolute Gasteiger partial charge is 0.229 e. The van der Waals surface area contributed by atoms with Crippen LogP contribution in [-0.4, -0.2) is 33.4 Å². The fraction of sp³-hybridized carbons (Fsp3) is 0.538. The number of sulfonamides is 1. The van der Waals surface area contributed by atoms with E-state index in [1.54, 1.807) is 18.2 Å². The lowest BCUT2D eigenvalue weighted by Crippen LogP contribution is -2.20. The van der Waals surface area contributed by atoms with Gasteiger partial charge in [0.1, 0.15) is 0 Å². The molecule has 0 radical (unpaired) electrons. The Balaban J connectivity index is 2.01. The van der Waals surface area contributed by atoms with Crippen LogP contribution in [0.1, 0.15) is 19.8 Å². The topological polar surface area (TPSA) is 67.4 Å². The summed E-state index contributed by atoms with van der Waals surface area (Å²) in [5, 5.41) is 3.76. The van der Waals surface area contributed by atoms with Gasteiger partial charge in [-0.15, -0.1) is 0 Å². The van der Waals surface area contributed by atoms with E-state index in [0.717, 1.165) is 19.1 Å². The number of halogens is 1. The van der Waals surface area contributed by atoms with Crippen LogP contribution in [0.5, 0.6) is 0 Å². The Morgan fingerprint density at radius 2 is 2.15 bits per heavy atom. The maximum atomic E-state index is 11.2. The molecule has 7 heteroatoms. The van der Waals surface area contributed by atoms with Crippen molar-refractivity contribution in [1.29, 1.82) is 0 Å². The molecule has 5 nitrogen and oxygen atoms in total. The summed E-state index contributed by atoms with van der Waals surface area (Å²) >= 11 is 6.10. The largest absolute Gasteiger partial charge is 0.381 e. The van der Waals surface area contributed by atoms with Gasteiger partial charge in [0.25, 0.3) is 0 Å². The highest BCUT2D eigenvalue weighted by Gasteiger charge is 2.21. The molecule has 20 heavy (non-hydrogen) atoms. The molecule has 1 aliphatic heterocycles. The van der Waals surface area contributed by atoms with E-state index in [1.165, 1.54) is 0 Å². The first-order valence-corrected chi connectivity index (χ1v) is 8.77. The van der Waals surface area contributed by atoms with Crippen molar-refractivity contribution in [3.63, 3.8) is 0 Å². The van der Waals surface area contributed by atoms with E-state index in [9.17, 15) is 8.42 Å². The number of benzene rings is 1. The SMILES string of the molecule is CC1CCC(CNc2cc(NS(C)(=O)=O)ccc2Cl)O1. The molecule has 112 valence electrons. The average molecular weight is 319 g/mol. The number of nitrogens with one attached hydrogen (secondary N) is 2. The van der Waals surface area contributed by atoms with Crippen LogP contribution < -0.4 is 10.0 Å². The molecule has 0 spiro atoms. The van der Waals surface area contributed by atoms with Gasteiger partial charge in [-0.2, -0.15) is 0 Å². The Morgan fingerprint density at radius 1 is 1.40 bits per heavy atom. The predicted octanol–water partition coefficient (Wildman–Crippen LogP) is 2.69. The number of hydrogen-bond acceptors (Lipinski definition) is 4. The zero-order valence-electron chi connectivity index (χ0n) is 11.5. The summed E-state index contributed by atoms with van der Waals surface area (Å²) < 4.78 is 30.6. The molecule has 1 aromatic carbocycles. The molecular weight excluding hydrogens is 300 g/mol. The summed E-state index contributed by atoms with van der Waals surface area (Å²) in [6.45, 7) is 2.72. The van der Waals surface area contributed by atoms with Crippen molar-refractivity contribution in [2.75, 3.05) is 22.8 Å². The maximum absolute atomic E-state index is 11.2. The number of anilines is 2. The third-order valence-corrected chi connectivity index (χ3v) is 4.05. The second kappa shape index (κ2) is 6.20. The standard InChI is InChI=1S/C13H19ClN2O3S/c1-9-3-5-11(19-9)8-15-13-7-10(4-6-12(13)14)16-20(2,17)18/h4,6-7,9,11,15-16H,3,5,8H2,1-2H3. The summed E-state index contributed by atoms with van der Waals surface area (Å²) in [6.07, 6.45) is 3.67. The van der Waals surface area contributed by atoms with Crippen LogP contribution in [0.15, 0.2) is 18.2 Å². The molecule has 0 aromatic heterocycles. The predicted molar refractivity (Wildman–Crippen MR) is 82.0 cm³/mol. The molecule has 2 unspecified atom stereocenters. The fourth-order valence-electron chi connectivity index (χ4n) is 2.20. The van der Waals surface area contributed by atoms with E-state index in [2.05, 4.69) is 17.0 Å². The maximum Gasteiger partial charge on any atom is 0.229 e. The van der Waals surface area contributed by atoms with Crippen LogP contribution in [0.4, 0.5) is 11.4 Å². The van der Waals surface area contributed by atoms with Crippen molar-refractivity contribution in [3.8, 4) is 0 Å². The minimum atomic E-state index is -3.29. The van der Waals surface area contributed by atoms with Crippen LogP contribution in [-0.2, 0) is 14.8 Å². The minimum Gasteiger partial charge on any atom is -0.381 e. The van der Waals surface area contributed by atoms with Gasteiger partial charge >= 0.3 is 0 Å². The van der Waals surface area contributed by atoms with Gasteiger partial charge in [-0.25, -0.2) is 8.42 Å². The molecule has 1 saturated heterocycles. The van der Waals surface area contributed by atoms with E-state index in [-0.39, 0.29) is 6.10 Å². The van der Waals surface area contributed by atoms with Gasteiger partial charge in [0, 0.05) is 6.54 Å². The van der Waals surface area contributed by atoms with Gasteiger partial charge in [0.05, 0.1) is 34.9 Å². The number of ether oxygens (including phenoxy) is 1. The second-order valence-corrected chi connectivity index (χ2v) is 7.25. The Hall–Kier alpha value is -0.980. The Kier molecular flexibility index (Phi) is 4.78. The first-order valence-electron chi connectivity index (χ1n) is 6.50. The monoisotopic (exact) mass is 318 g/mol. The summed E-state index contributed by atoms with van der Waals surface area (Å²) in [5.74, 6) is 0. The van der Waals surface area contributed by atoms with Gasteiger partial charge in [-0.05, 0) is 38.0 Å². The molecule has 2 rings (SSSR count). The molecule has 1 fully saturated rings. The highest BCUT2D eigenvalue weighted by atomic mass is 35.5. The molecule has 1 aliphatic rings. The molecule has 2 N–H and O–H groups in total. The van der Waals surface area contributed by atoms with Gasteiger partial charge in [0.2, 0.25) is 10.0 Å². The van der Waals surface area contributed by atoms with Crippen molar-refractivity contribution in [2.24, 2.45) is 0 Å². The number of hydrogen-bond donors (Lipinski definition) is 2. The van der Waals surface area contributed by atoms with Crippen molar-refractivity contribution >= 4 is 33.0 Å². The van der Waals surface area contributed by atoms with Crippen LogP contribution in [0.3, 0.4) is 0 Å². The summed E-state index contributed by atoms with van der Waals surface area (Å²) in [7, 11) is -3.29. The lowest BCUT2D eigenvalue weighted by Gasteiger charge is -2.15. The normalized spacial score (nSPS) is 22.8. The van der Waals surface area contributed by atoms with E-state index < -0.39 is 10.0 Å². The Morgan fingerprint density at radius 3 is 2.75 bits per heavy atom. The molecule has 1 heterocycles. The average Bonchev–Trinajstić information content (AvgIpc) is 2.74. The van der Waals surface area contributed by atoms with Crippen molar-refractivity contribution in [2.45, 2.75) is 32.0 Å². The summed E-state index contributed by atoms with van der Waals surface area (Å²) in [4.78, 5) is 0. The van der Waals surface area contributed by atoms with E-state index in [4.69, 9.17) is 16.3 Å². The van der Waals surface area contributed by atoms with Crippen molar-refractivity contribution in [3.05, 3.63) is 23.2 Å². The third kappa shape index (κ3) is 4.54. The van der Waals surface area contributed by atoms with Crippen LogP contribution in [0, 0.1) is 0 Å². The molecule has 0 amide bonds. The van der Waals surface area contributed by atoms with Gasteiger partial charge in [0.15, 0.2) is 0 Å². The molecule has 0 saturated carbocycles. The summed E-state index contributed by atoms with van der Waals surface area (Å²) in [6, 6.07) is 4.97. The molecular formula is C13H19ClN2O3S. The Labute approximate surface area is 124 Å². The van der Waals surface area contributed by atoms with Crippen LogP contribution in [0.2, 0.25) is 5.02 Å². The first-order chi connectivity index (χ1) is 9.33. The van der Waals surface area contributed by atoms with Crippen molar-refractivity contribution in [1.82, 2.24) is 0 Å². The lowest BCUT2D eigenvalue weighted by molar-refractivity contribution is 0.0637. The lowest BCUT2D eigenvalue weighted by atomic mass is 10.2. The Bertz CT molecular complexity index is 577. The third-order valence-electron chi connectivity index (χ3n) is 3.11. The minimum absolute atomic E-state index is 0.174. The molecule has 1 aromatic rings. The second-order valence-electron chi connectivity index (χ2n) is 5.10. The van der Waals surface area contributed by atoms with Crippen LogP contribution in [0.25, 0.3) is 0 Å². The van der Waals surface area contributed by atoms with Crippen LogP contribution >= 0.6 is 11.6 Å². The summed E-state index contributed by atoms with van der Waals surface area (Å²) in [5.41, 5.74) is 1.18. The van der Waals surface area contributed by atoms with E-state index in [0.29, 0.717) is 29.0 Å². The molecule has 0 bridgehead atoms. The van der Waals surface area contributed by atoms with Crippen molar-refractivity contribution < 1.29 is 13.2 Å². The molecule has 0 aliphatic carbocycles. The van der Waals surface area contributed by atoms with Gasteiger partial charge in [-0.1, -0.05) is 11.6 Å². The van der Waals surface area contributed by atoms with Gasteiger partial charge < -0.3 is 10.1 Å². The highest BCUT2D eigenvalue weighted by Crippen LogP contribution is 2.27. The van der Waals surface area contributed by atoms with E-state index in [1.807, 2.05) is 0 Å². The quantitative estimate of drug-likeness (QED) is 0.876. The highest BCUT2D eigenvalue weighted by molar-refractivity contribution is 7.92. The molecule has 2 atom stereocenters. The number of rotatable bonds is 5. The van der Waals surface area contributed by atoms with Gasteiger partial charge in [-0.3, -0.25) is 4.72 Å². The first kappa shape index (κ1) is 15.4. The fourth-order valence-corrected chi connectivity index (χ4v) is 2.94. The zero-order chi connectivity index (χ0) is 14.8. The van der Waals surface area contributed by atoms with E-state index >= 15 is 0 Å².